The molecule has 1 aliphatic rings. The lowest BCUT2D eigenvalue weighted by molar-refractivity contribution is -0.149. The van der Waals surface area contributed by atoms with Gasteiger partial charge in [-0.3, -0.25) is 9.59 Å². The molecular weight excluding hydrogens is 486 g/mol. The molecule has 3 unspecified atom stereocenters. The van der Waals surface area contributed by atoms with E-state index in [9.17, 15) is 9.59 Å². The number of ether oxygens (including phenoxy) is 2. The fourth-order valence-electron chi connectivity index (χ4n) is 5.83. The summed E-state index contributed by atoms with van der Waals surface area (Å²) in [6, 6.07) is 0. The van der Waals surface area contributed by atoms with Crippen molar-refractivity contribution in [2.75, 3.05) is 27.7 Å². The van der Waals surface area contributed by atoms with E-state index in [-0.39, 0.29) is 18.0 Å². The van der Waals surface area contributed by atoms with Gasteiger partial charge in [-0.05, 0) is 71.0 Å². The molecule has 39 heavy (non-hydrogen) atoms. The number of esters is 2. The fraction of sp³-hybridized carbons (Fsp3) is 0.941. The van der Waals surface area contributed by atoms with E-state index in [1.165, 1.54) is 116 Å². The molecule has 1 rings (SSSR count). The summed E-state index contributed by atoms with van der Waals surface area (Å²) < 4.78 is 10.4. The van der Waals surface area contributed by atoms with Gasteiger partial charge in [0, 0.05) is 12.8 Å². The zero-order valence-corrected chi connectivity index (χ0v) is 26.5. The van der Waals surface area contributed by atoms with Crippen LogP contribution >= 0.6 is 0 Å². The van der Waals surface area contributed by atoms with Crippen molar-refractivity contribution >= 4 is 11.9 Å². The average molecular weight is 552 g/mol. The van der Waals surface area contributed by atoms with Gasteiger partial charge >= 0.3 is 11.9 Å². The van der Waals surface area contributed by atoms with Crippen molar-refractivity contribution in [2.24, 2.45) is 11.8 Å². The number of methoxy groups -OCH3 is 1. The highest BCUT2D eigenvalue weighted by Gasteiger charge is 2.35. The Morgan fingerprint density at radius 1 is 0.667 bits per heavy atom. The predicted octanol–water partition coefficient (Wildman–Crippen LogP) is 9.26. The number of nitrogens with zero attached hydrogens (tertiary/aromatic N) is 1. The molecular formula is C34H65NO4. The van der Waals surface area contributed by atoms with Gasteiger partial charge in [0.25, 0.3) is 0 Å². The smallest absolute Gasteiger partial charge is 0.306 e. The molecule has 0 heterocycles. The van der Waals surface area contributed by atoms with Crippen LogP contribution in [0.15, 0.2) is 0 Å². The van der Waals surface area contributed by atoms with Crippen molar-refractivity contribution in [1.82, 2.24) is 4.90 Å². The van der Waals surface area contributed by atoms with E-state index in [0.717, 1.165) is 50.5 Å². The van der Waals surface area contributed by atoms with Gasteiger partial charge in [0.15, 0.2) is 0 Å². The maximum Gasteiger partial charge on any atom is 0.306 e. The molecule has 1 saturated carbocycles. The van der Waals surface area contributed by atoms with Gasteiger partial charge in [-0.2, -0.15) is 0 Å². The molecule has 0 bridgehead atoms. The summed E-state index contributed by atoms with van der Waals surface area (Å²) in [5, 5.41) is 0. The van der Waals surface area contributed by atoms with Gasteiger partial charge in [-0.25, -0.2) is 0 Å². The van der Waals surface area contributed by atoms with Crippen LogP contribution in [0.4, 0.5) is 0 Å². The molecule has 0 amide bonds. The van der Waals surface area contributed by atoms with Crippen LogP contribution in [0.25, 0.3) is 0 Å². The summed E-state index contributed by atoms with van der Waals surface area (Å²) >= 11 is 0. The van der Waals surface area contributed by atoms with Crippen molar-refractivity contribution in [2.45, 2.75) is 167 Å². The number of hydrogen-bond donors (Lipinski definition) is 0. The van der Waals surface area contributed by atoms with E-state index in [1.807, 2.05) is 14.1 Å². The van der Waals surface area contributed by atoms with Gasteiger partial charge in [0.1, 0.15) is 6.10 Å². The Labute approximate surface area is 242 Å². The number of hydrogen-bond acceptors (Lipinski definition) is 5. The maximum absolute atomic E-state index is 12.0. The Morgan fingerprint density at radius 3 is 1.62 bits per heavy atom. The Morgan fingerprint density at radius 2 is 1.13 bits per heavy atom. The van der Waals surface area contributed by atoms with Gasteiger partial charge in [-0.15, -0.1) is 0 Å². The molecule has 1 aliphatic carbocycles. The maximum atomic E-state index is 12.0. The van der Waals surface area contributed by atoms with Crippen molar-refractivity contribution in [3.05, 3.63) is 0 Å². The minimum Gasteiger partial charge on any atom is -0.469 e. The zero-order valence-electron chi connectivity index (χ0n) is 26.5. The normalized spacial score (nSPS) is 17.4. The van der Waals surface area contributed by atoms with E-state index < -0.39 is 0 Å². The summed E-state index contributed by atoms with van der Waals surface area (Å²) in [6.45, 7) is 3.08. The third kappa shape index (κ3) is 22.3. The van der Waals surface area contributed by atoms with Gasteiger partial charge in [0.2, 0.25) is 0 Å². The lowest BCUT2D eigenvalue weighted by Gasteiger charge is -2.16. The van der Waals surface area contributed by atoms with Gasteiger partial charge in [0.05, 0.1) is 7.11 Å². The standard InChI is InChI=1S/C34H65NO4/c1-5-32(39-34(37)27-22-28-35(2)3)25-20-17-19-24-31-29-30(31)23-18-15-13-11-9-7-6-8-10-12-14-16-21-26-33(36)38-4/h30-32H,5-29H2,1-4H3. The van der Waals surface area contributed by atoms with Crippen molar-refractivity contribution in [1.29, 1.82) is 0 Å². The summed E-state index contributed by atoms with van der Waals surface area (Å²) in [4.78, 5) is 25.2. The molecule has 0 aromatic rings. The second-order valence-electron chi connectivity index (χ2n) is 12.5. The molecule has 0 N–H and O–H groups in total. The largest absolute Gasteiger partial charge is 0.469 e. The van der Waals surface area contributed by atoms with E-state index >= 15 is 0 Å². The fourth-order valence-corrected chi connectivity index (χ4v) is 5.83. The molecule has 0 aromatic carbocycles. The Bertz CT molecular complexity index is 594. The van der Waals surface area contributed by atoms with E-state index in [4.69, 9.17) is 4.74 Å². The van der Waals surface area contributed by atoms with Crippen LogP contribution in [0.1, 0.15) is 161 Å². The summed E-state index contributed by atoms with van der Waals surface area (Å²) in [6.07, 6.45) is 29.7. The quantitative estimate of drug-likeness (QED) is 0.0716. The average Bonchev–Trinajstić information content (AvgIpc) is 3.67. The predicted molar refractivity (Wildman–Crippen MR) is 164 cm³/mol. The van der Waals surface area contributed by atoms with Crippen molar-refractivity contribution in [3.63, 3.8) is 0 Å². The third-order valence-corrected chi connectivity index (χ3v) is 8.59. The van der Waals surface area contributed by atoms with Crippen molar-refractivity contribution < 1.29 is 19.1 Å². The lowest BCUT2D eigenvalue weighted by atomic mass is 10.0. The summed E-state index contributed by atoms with van der Waals surface area (Å²) in [5.74, 6) is 1.95. The molecule has 0 aliphatic heterocycles. The van der Waals surface area contributed by atoms with E-state index in [2.05, 4.69) is 16.6 Å². The topological polar surface area (TPSA) is 55.8 Å². The molecule has 0 aromatic heterocycles. The molecule has 3 atom stereocenters. The molecule has 5 heteroatoms. The SMILES string of the molecule is CCC(CCCCCC1CC1CCCCCCCCCCCCCCCC(=O)OC)OC(=O)CCCN(C)C. The highest BCUT2D eigenvalue weighted by molar-refractivity contribution is 5.69. The first kappa shape index (κ1) is 35.9. The van der Waals surface area contributed by atoms with Crippen LogP contribution in [0.5, 0.6) is 0 Å². The highest BCUT2D eigenvalue weighted by atomic mass is 16.5. The minimum atomic E-state index is -0.0704. The Kier molecular flexibility index (Phi) is 22.7. The van der Waals surface area contributed by atoms with Crippen LogP contribution in [0.3, 0.4) is 0 Å². The molecule has 1 fully saturated rings. The van der Waals surface area contributed by atoms with Crippen LogP contribution in [0.2, 0.25) is 0 Å². The first-order chi connectivity index (χ1) is 19.0. The molecule has 0 saturated heterocycles. The van der Waals surface area contributed by atoms with E-state index in [0.29, 0.717) is 12.8 Å². The van der Waals surface area contributed by atoms with Crippen LogP contribution in [0, 0.1) is 11.8 Å². The number of unbranched alkanes of at least 4 members (excludes halogenated alkanes) is 14. The first-order valence-corrected chi connectivity index (χ1v) is 16.9. The first-order valence-electron chi connectivity index (χ1n) is 16.9. The molecule has 0 radical (unpaired) electrons. The number of rotatable bonds is 28. The molecule has 5 nitrogen and oxygen atoms in total. The number of carbonyl (C=O) groups excluding carboxylic acids is 2. The van der Waals surface area contributed by atoms with Crippen LogP contribution < -0.4 is 0 Å². The Hall–Kier alpha value is -1.10. The molecule has 230 valence electrons. The minimum absolute atomic E-state index is 0.0162. The summed E-state index contributed by atoms with van der Waals surface area (Å²) in [7, 11) is 5.55. The number of carbonyl (C=O) groups is 2. The molecule has 0 spiro atoms. The third-order valence-electron chi connectivity index (χ3n) is 8.59. The second kappa shape index (κ2) is 24.7. The van der Waals surface area contributed by atoms with Crippen molar-refractivity contribution in [3.8, 4) is 0 Å². The summed E-state index contributed by atoms with van der Waals surface area (Å²) in [5.41, 5.74) is 0. The lowest BCUT2D eigenvalue weighted by Crippen LogP contribution is -2.19. The van der Waals surface area contributed by atoms with Crippen LogP contribution in [-0.4, -0.2) is 50.7 Å². The van der Waals surface area contributed by atoms with E-state index in [1.54, 1.807) is 0 Å². The second-order valence-corrected chi connectivity index (χ2v) is 12.5. The highest BCUT2D eigenvalue weighted by Crippen LogP contribution is 2.45. The Balaban J connectivity index is 1.81. The monoisotopic (exact) mass is 551 g/mol. The van der Waals surface area contributed by atoms with Gasteiger partial charge in [-0.1, -0.05) is 110 Å². The van der Waals surface area contributed by atoms with Crippen LogP contribution in [-0.2, 0) is 19.1 Å². The van der Waals surface area contributed by atoms with Gasteiger partial charge < -0.3 is 14.4 Å². The zero-order chi connectivity index (χ0) is 28.6.